The van der Waals surface area contributed by atoms with Crippen molar-refractivity contribution in [3.05, 3.63) is 59.7 Å². The van der Waals surface area contributed by atoms with Crippen LogP contribution in [0.4, 0.5) is 0 Å². The van der Waals surface area contributed by atoms with Crippen LogP contribution >= 0.6 is 0 Å². The first-order valence-electron chi connectivity index (χ1n) is 8.90. The highest BCUT2D eigenvalue weighted by Gasteiger charge is 2.12. The number of nitrogens with one attached hydrogen (secondary N) is 2. The normalized spacial score (nSPS) is 12.4. The lowest BCUT2D eigenvalue weighted by Gasteiger charge is -2.15. The maximum atomic E-state index is 12.2. The van der Waals surface area contributed by atoms with Gasteiger partial charge in [0.15, 0.2) is 0 Å². The molecule has 27 heavy (non-hydrogen) atoms. The standard InChI is InChI=1S/C20H26N2O4S/c1-4-26-18-10-8-17(9-11-18)15(2)22-20(23)14-7-16-5-12-19(13-6-16)27(24,25)21-3/h5-6,8-13,15,21H,4,7,14H2,1-3H3,(H,22,23). The van der Waals surface area contributed by atoms with Crippen LogP contribution in [0.15, 0.2) is 53.4 Å². The minimum absolute atomic E-state index is 0.0525. The second-order valence-electron chi connectivity index (χ2n) is 6.14. The number of carbonyl (C=O) groups excluding carboxylic acids is 1. The van der Waals surface area contributed by atoms with Gasteiger partial charge in [0.25, 0.3) is 0 Å². The first-order valence-corrected chi connectivity index (χ1v) is 10.4. The second kappa shape index (κ2) is 9.53. The van der Waals surface area contributed by atoms with Gasteiger partial charge in [-0.1, -0.05) is 24.3 Å². The van der Waals surface area contributed by atoms with E-state index in [-0.39, 0.29) is 16.8 Å². The lowest BCUT2D eigenvalue weighted by Crippen LogP contribution is -2.26. The Balaban J connectivity index is 1.86. The van der Waals surface area contributed by atoms with Crippen molar-refractivity contribution in [1.29, 1.82) is 0 Å². The van der Waals surface area contributed by atoms with E-state index in [4.69, 9.17) is 4.74 Å². The van der Waals surface area contributed by atoms with Crippen LogP contribution in [0.1, 0.15) is 37.4 Å². The van der Waals surface area contributed by atoms with Gasteiger partial charge in [-0.15, -0.1) is 0 Å². The van der Waals surface area contributed by atoms with Crippen LogP contribution in [0.3, 0.4) is 0 Å². The average molecular weight is 391 g/mol. The van der Waals surface area contributed by atoms with Crippen LogP contribution in [-0.2, 0) is 21.2 Å². The minimum atomic E-state index is -3.44. The van der Waals surface area contributed by atoms with Gasteiger partial charge in [0.1, 0.15) is 5.75 Å². The number of carbonyl (C=O) groups is 1. The molecule has 2 rings (SSSR count). The SMILES string of the molecule is CCOc1ccc(C(C)NC(=O)CCc2ccc(S(=O)(=O)NC)cc2)cc1. The van der Waals surface area contributed by atoms with Gasteiger partial charge < -0.3 is 10.1 Å². The number of hydrogen-bond acceptors (Lipinski definition) is 4. The highest BCUT2D eigenvalue weighted by Crippen LogP contribution is 2.18. The van der Waals surface area contributed by atoms with E-state index >= 15 is 0 Å². The van der Waals surface area contributed by atoms with Crippen molar-refractivity contribution >= 4 is 15.9 Å². The zero-order chi connectivity index (χ0) is 19.9. The van der Waals surface area contributed by atoms with Crippen LogP contribution in [0.25, 0.3) is 0 Å². The monoisotopic (exact) mass is 390 g/mol. The Labute approximate surface area is 161 Å². The molecular formula is C20H26N2O4S. The van der Waals surface area contributed by atoms with Crippen molar-refractivity contribution in [3.8, 4) is 5.75 Å². The summed E-state index contributed by atoms with van der Waals surface area (Å²) in [7, 11) is -2.06. The van der Waals surface area contributed by atoms with E-state index in [1.807, 2.05) is 38.1 Å². The fraction of sp³-hybridized carbons (Fsp3) is 0.350. The Kier molecular flexibility index (Phi) is 7.38. The van der Waals surface area contributed by atoms with Crippen molar-refractivity contribution in [1.82, 2.24) is 10.0 Å². The minimum Gasteiger partial charge on any atom is -0.494 e. The fourth-order valence-corrected chi connectivity index (χ4v) is 3.36. The third-order valence-electron chi connectivity index (χ3n) is 4.21. The van der Waals surface area contributed by atoms with Crippen molar-refractivity contribution < 1.29 is 17.9 Å². The topological polar surface area (TPSA) is 84.5 Å². The van der Waals surface area contributed by atoms with Gasteiger partial charge >= 0.3 is 0 Å². The van der Waals surface area contributed by atoms with Crippen LogP contribution in [-0.4, -0.2) is 28.0 Å². The smallest absolute Gasteiger partial charge is 0.240 e. The molecule has 0 bridgehead atoms. The molecule has 0 saturated heterocycles. The Hall–Kier alpha value is -2.38. The van der Waals surface area contributed by atoms with Crippen molar-refractivity contribution in [2.45, 2.75) is 37.6 Å². The number of rotatable bonds is 9. The highest BCUT2D eigenvalue weighted by molar-refractivity contribution is 7.89. The predicted molar refractivity (Wildman–Crippen MR) is 105 cm³/mol. The summed E-state index contributed by atoms with van der Waals surface area (Å²) in [5.74, 6) is 0.756. The van der Waals surface area contributed by atoms with Crippen LogP contribution in [0.5, 0.6) is 5.75 Å². The zero-order valence-electron chi connectivity index (χ0n) is 15.9. The van der Waals surface area contributed by atoms with Crippen LogP contribution in [0.2, 0.25) is 0 Å². The fourth-order valence-electron chi connectivity index (χ4n) is 2.63. The molecule has 0 heterocycles. The predicted octanol–water partition coefficient (Wildman–Crippen LogP) is 2.80. The maximum absolute atomic E-state index is 12.2. The van der Waals surface area contributed by atoms with E-state index in [0.29, 0.717) is 19.4 Å². The van der Waals surface area contributed by atoms with Gasteiger partial charge in [-0.2, -0.15) is 0 Å². The first-order chi connectivity index (χ1) is 12.9. The number of sulfonamides is 1. The number of benzene rings is 2. The van der Waals surface area contributed by atoms with E-state index in [9.17, 15) is 13.2 Å². The van der Waals surface area contributed by atoms with E-state index < -0.39 is 10.0 Å². The van der Waals surface area contributed by atoms with E-state index in [1.165, 1.54) is 7.05 Å². The molecule has 0 aromatic heterocycles. The van der Waals surface area contributed by atoms with Crippen molar-refractivity contribution in [3.63, 3.8) is 0 Å². The summed E-state index contributed by atoms with van der Waals surface area (Å²) in [5.41, 5.74) is 1.92. The Morgan fingerprint density at radius 1 is 1.07 bits per heavy atom. The van der Waals surface area contributed by atoms with Crippen LogP contribution < -0.4 is 14.8 Å². The molecule has 6 nitrogen and oxygen atoms in total. The average Bonchev–Trinajstić information content (AvgIpc) is 2.67. The Morgan fingerprint density at radius 3 is 2.26 bits per heavy atom. The number of aryl methyl sites for hydroxylation is 1. The van der Waals surface area contributed by atoms with Crippen molar-refractivity contribution in [2.75, 3.05) is 13.7 Å². The highest BCUT2D eigenvalue weighted by atomic mass is 32.2. The first kappa shape index (κ1) is 20.9. The zero-order valence-corrected chi connectivity index (χ0v) is 16.7. The van der Waals surface area contributed by atoms with Gasteiger partial charge in [-0.3, -0.25) is 4.79 Å². The number of ether oxygens (including phenoxy) is 1. The maximum Gasteiger partial charge on any atom is 0.240 e. The molecule has 146 valence electrons. The van der Waals surface area contributed by atoms with Gasteiger partial charge in [0, 0.05) is 6.42 Å². The molecule has 0 spiro atoms. The quantitative estimate of drug-likeness (QED) is 0.690. The van der Waals surface area contributed by atoms with Gasteiger partial charge in [-0.05, 0) is 62.7 Å². The number of amides is 1. The largest absolute Gasteiger partial charge is 0.494 e. The summed E-state index contributed by atoms with van der Waals surface area (Å²) in [6, 6.07) is 14.1. The third kappa shape index (κ3) is 6.08. The lowest BCUT2D eigenvalue weighted by molar-refractivity contribution is -0.121. The van der Waals surface area contributed by atoms with E-state index in [2.05, 4.69) is 10.0 Å². The Morgan fingerprint density at radius 2 is 1.70 bits per heavy atom. The van der Waals surface area contributed by atoms with Gasteiger partial charge in [-0.25, -0.2) is 13.1 Å². The molecule has 2 aromatic rings. The molecule has 2 N–H and O–H groups in total. The molecule has 1 atom stereocenters. The van der Waals surface area contributed by atoms with E-state index in [0.717, 1.165) is 16.9 Å². The molecule has 2 aromatic carbocycles. The summed E-state index contributed by atoms with van der Waals surface area (Å²) < 4.78 is 31.1. The summed E-state index contributed by atoms with van der Waals surface area (Å²) in [6.45, 7) is 4.49. The number of hydrogen-bond donors (Lipinski definition) is 2. The molecule has 1 unspecified atom stereocenters. The van der Waals surface area contributed by atoms with E-state index in [1.54, 1.807) is 24.3 Å². The lowest BCUT2D eigenvalue weighted by atomic mass is 10.1. The summed E-state index contributed by atoms with van der Waals surface area (Å²) in [4.78, 5) is 12.4. The molecule has 7 heteroatoms. The third-order valence-corrected chi connectivity index (χ3v) is 5.64. The molecule has 1 amide bonds. The summed E-state index contributed by atoms with van der Waals surface area (Å²) in [6.07, 6.45) is 0.876. The molecule has 0 saturated carbocycles. The molecular weight excluding hydrogens is 364 g/mol. The molecule has 0 aliphatic rings. The molecule has 0 fully saturated rings. The van der Waals surface area contributed by atoms with Gasteiger partial charge in [0.05, 0.1) is 17.5 Å². The van der Waals surface area contributed by atoms with Crippen LogP contribution in [0, 0.1) is 0 Å². The molecule has 0 aliphatic heterocycles. The van der Waals surface area contributed by atoms with Gasteiger partial charge in [0.2, 0.25) is 15.9 Å². The summed E-state index contributed by atoms with van der Waals surface area (Å²) >= 11 is 0. The molecule has 0 radical (unpaired) electrons. The second-order valence-corrected chi connectivity index (χ2v) is 8.03. The molecule has 0 aliphatic carbocycles. The van der Waals surface area contributed by atoms with Crippen molar-refractivity contribution in [2.24, 2.45) is 0 Å². The summed E-state index contributed by atoms with van der Waals surface area (Å²) in [5, 5.41) is 2.98. The Bertz CT molecular complexity index is 847.